The van der Waals surface area contributed by atoms with Crippen LogP contribution in [-0.4, -0.2) is 5.91 Å². The van der Waals surface area contributed by atoms with E-state index in [0.717, 1.165) is 0 Å². The van der Waals surface area contributed by atoms with Crippen LogP contribution in [0, 0.1) is 22.7 Å². The molecule has 1 aromatic rings. The van der Waals surface area contributed by atoms with Gasteiger partial charge in [0.2, 0.25) is 0 Å². The summed E-state index contributed by atoms with van der Waals surface area (Å²) in [7, 11) is 0. The van der Waals surface area contributed by atoms with Gasteiger partial charge in [-0.3, -0.25) is 4.79 Å². The minimum absolute atomic E-state index is 0.119. The summed E-state index contributed by atoms with van der Waals surface area (Å²) in [6, 6.07) is 10.8. The van der Waals surface area contributed by atoms with Gasteiger partial charge in [-0.15, -0.1) is 0 Å². The molecule has 0 bridgehead atoms. The van der Waals surface area contributed by atoms with E-state index in [2.05, 4.69) is 5.32 Å². The van der Waals surface area contributed by atoms with Crippen LogP contribution in [0.2, 0.25) is 0 Å². The molecule has 1 atom stereocenters. The van der Waals surface area contributed by atoms with Gasteiger partial charge >= 0.3 is 0 Å². The number of para-hydroxylation sites is 1. The SMILES string of the molecule is N#CCC1(C#N)C(=O)Nc2ccccc21. The van der Waals surface area contributed by atoms with Gasteiger partial charge in [0.15, 0.2) is 5.41 Å². The van der Waals surface area contributed by atoms with Crippen LogP contribution in [-0.2, 0) is 10.2 Å². The zero-order valence-electron chi connectivity index (χ0n) is 7.82. The standard InChI is InChI=1S/C11H7N3O/c12-6-5-11(7-13)8-3-1-2-4-9(8)14-10(11)15/h1-4H,5H2,(H,14,15). The molecule has 1 aliphatic rings. The topological polar surface area (TPSA) is 76.7 Å². The molecule has 1 amide bonds. The normalized spacial score (nSPS) is 22.4. The second kappa shape index (κ2) is 3.11. The Hall–Kier alpha value is -2.33. The van der Waals surface area contributed by atoms with Crippen molar-refractivity contribution in [1.29, 1.82) is 10.5 Å². The minimum atomic E-state index is -1.33. The molecular weight excluding hydrogens is 190 g/mol. The van der Waals surface area contributed by atoms with Crippen LogP contribution in [0.25, 0.3) is 0 Å². The van der Waals surface area contributed by atoms with Gasteiger partial charge in [0.25, 0.3) is 5.91 Å². The highest BCUT2D eigenvalue weighted by Crippen LogP contribution is 2.39. The fourth-order valence-electron chi connectivity index (χ4n) is 1.76. The number of amides is 1. The minimum Gasteiger partial charge on any atom is -0.324 e. The van der Waals surface area contributed by atoms with Gasteiger partial charge in [-0.1, -0.05) is 18.2 Å². The molecule has 4 nitrogen and oxygen atoms in total. The Kier molecular flexibility index (Phi) is 1.91. The van der Waals surface area contributed by atoms with Gasteiger partial charge < -0.3 is 5.32 Å². The maximum absolute atomic E-state index is 11.7. The largest absolute Gasteiger partial charge is 0.324 e. The third-order valence-corrected chi connectivity index (χ3v) is 2.56. The molecule has 0 aliphatic carbocycles. The predicted octanol–water partition coefficient (Wildman–Crippen LogP) is 1.31. The molecule has 1 aliphatic heterocycles. The van der Waals surface area contributed by atoms with E-state index in [1.54, 1.807) is 24.3 Å². The summed E-state index contributed by atoms with van der Waals surface area (Å²) in [5, 5.41) is 20.4. The van der Waals surface area contributed by atoms with Crippen LogP contribution in [0.1, 0.15) is 12.0 Å². The van der Waals surface area contributed by atoms with Crippen molar-refractivity contribution in [2.24, 2.45) is 0 Å². The van der Waals surface area contributed by atoms with Gasteiger partial charge in [-0.2, -0.15) is 10.5 Å². The number of hydrogen-bond acceptors (Lipinski definition) is 3. The highest BCUT2D eigenvalue weighted by atomic mass is 16.2. The average Bonchev–Trinajstić information content (AvgIpc) is 2.53. The summed E-state index contributed by atoms with van der Waals surface area (Å²) in [5.74, 6) is -0.409. The molecule has 0 saturated carbocycles. The zero-order valence-corrected chi connectivity index (χ0v) is 7.82. The molecular formula is C11H7N3O. The van der Waals surface area contributed by atoms with Crippen molar-refractivity contribution in [3.63, 3.8) is 0 Å². The molecule has 1 N–H and O–H groups in total. The number of benzene rings is 1. The van der Waals surface area contributed by atoms with Gasteiger partial charge in [0.05, 0.1) is 18.6 Å². The number of nitrogens with zero attached hydrogens (tertiary/aromatic N) is 2. The lowest BCUT2D eigenvalue weighted by Crippen LogP contribution is -2.32. The number of carbonyl (C=O) groups excluding carboxylic acids is 1. The lowest BCUT2D eigenvalue weighted by Gasteiger charge is -2.13. The van der Waals surface area contributed by atoms with Crippen LogP contribution in [0.5, 0.6) is 0 Å². The Balaban J connectivity index is 2.64. The van der Waals surface area contributed by atoms with E-state index < -0.39 is 11.3 Å². The molecule has 0 radical (unpaired) electrons. The van der Waals surface area contributed by atoms with Crippen LogP contribution in [0.3, 0.4) is 0 Å². The van der Waals surface area contributed by atoms with Crippen LogP contribution < -0.4 is 5.32 Å². The van der Waals surface area contributed by atoms with E-state index in [9.17, 15) is 4.79 Å². The molecule has 0 fully saturated rings. The summed E-state index contributed by atoms with van der Waals surface area (Å²) >= 11 is 0. The Labute approximate surface area is 86.7 Å². The summed E-state index contributed by atoms with van der Waals surface area (Å²) in [4.78, 5) is 11.7. The summed E-state index contributed by atoms with van der Waals surface area (Å²) < 4.78 is 0. The van der Waals surface area contributed by atoms with Crippen molar-refractivity contribution < 1.29 is 4.79 Å². The number of nitrogens with one attached hydrogen (secondary N) is 1. The Morgan fingerprint density at radius 3 is 2.73 bits per heavy atom. The molecule has 1 heterocycles. The maximum atomic E-state index is 11.7. The first kappa shape index (κ1) is 9.23. The van der Waals surface area contributed by atoms with Gasteiger partial charge in [0, 0.05) is 11.3 Å². The van der Waals surface area contributed by atoms with E-state index in [4.69, 9.17) is 10.5 Å². The van der Waals surface area contributed by atoms with Crippen molar-refractivity contribution in [1.82, 2.24) is 0 Å². The fraction of sp³-hybridized carbons (Fsp3) is 0.182. The summed E-state index contributed by atoms with van der Waals surface area (Å²) in [5.41, 5.74) is -0.107. The molecule has 0 saturated heterocycles. The molecule has 0 aromatic heterocycles. The summed E-state index contributed by atoms with van der Waals surface area (Å²) in [6.07, 6.45) is -0.119. The molecule has 0 spiro atoms. The quantitative estimate of drug-likeness (QED) is 0.737. The highest BCUT2D eigenvalue weighted by Gasteiger charge is 2.47. The maximum Gasteiger partial charge on any atom is 0.250 e. The number of fused-ring (bicyclic) bond motifs is 1. The van der Waals surface area contributed by atoms with Crippen LogP contribution in [0.15, 0.2) is 24.3 Å². The van der Waals surface area contributed by atoms with E-state index >= 15 is 0 Å². The summed E-state index contributed by atoms with van der Waals surface area (Å²) in [6.45, 7) is 0. The predicted molar refractivity (Wildman–Crippen MR) is 52.6 cm³/mol. The molecule has 72 valence electrons. The highest BCUT2D eigenvalue weighted by molar-refractivity contribution is 6.08. The number of carbonyl (C=O) groups is 1. The number of anilines is 1. The third kappa shape index (κ3) is 1.09. The second-order valence-corrected chi connectivity index (χ2v) is 3.35. The first-order valence-corrected chi connectivity index (χ1v) is 4.44. The zero-order chi connectivity index (χ0) is 10.9. The Morgan fingerprint density at radius 2 is 2.07 bits per heavy atom. The fourth-order valence-corrected chi connectivity index (χ4v) is 1.76. The lowest BCUT2D eigenvalue weighted by atomic mass is 9.80. The molecule has 15 heavy (non-hydrogen) atoms. The number of nitriles is 2. The average molecular weight is 197 g/mol. The Bertz CT molecular complexity index is 509. The van der Waals surface area contributed by atoms with Gasteiger partial charge in [0.1, 0.15) is 0 Å². The van der Waals surface area contributed by atoms with E-state index in [-0.39, 0.29) is 6.42 Å². The molecule has 1 aromatic carbocycles. The lowest BCUT2D eigenvalue weighted by molar-refractivity contribution is -0.118. The molecule has 1 unspecified atom stereocenters. The van der Waals surface area contributed by atoms with E-state index in [0.29, 0.717) is 11.3 Å². The van der Waals surface area contributed by atoms with E-state index in [1.165, 1.54) is 0 Å². The third-order valence-electron chi connectivity index (χ3n) is 2.56. The monoisotopic (exact) mass is 197 g/mol. The smallest absolute Gasteiger partial charge is 0.250 e. The van der Waals surface area contributed by atoms with Gasteiger partial charge in [-0.05, 0) is 6.07 Å². The number of hydrogen-bond donors (Lipinski definition) is 1. The van der Waals surface area contributed by atoms with Crippen molar-refractivity contribution in [2.75, 3.05) is 5.32 Å². The first-order valence-electron chi connectivity index (χ1n) is 4.44. The van der Waals surface area contributed by atoms with Crippen molar-refractivity contribution in [2.45, 2.75) is 11.8 Å². The second-order valence-electron chi connectivity index (χ2n) is 3.35. The number of rotatable bonds is 1. The van der Waals surface area contributed by atoms with Crippen molar-refractivity contribution in [3.05, 3.63) is 29.8 Å². The first-order chi connectivity index (χ1) is 7.24. The van der Waals surface area contributed by atoms with Crippen LogP contribution >= 0.6 is 0 Å². The van der Waals surface area contributed by atoms with Crippen molar-refractivity contribution >= 4 is 11.6 Å². The van der Waals surface area contributed by atoms with Crippen molar-refractivity contribution in [3.8, 4) is 12.1 Å². The molecule has 2 rings (SSSR count). The molecule has 4 heteroatoms. The van der Waals surface area contributed by atoms with Crippen LogP contribution in [0.4, 0.5) is 5.69 Å². The van der Waals surface area contributed by atoms with Gasteiger partial charge in [-0.25, -0.2) is 0 Å². The van der Waals surface area contributed by atoms with E-state index in [1.807, 2.05) is 12.1 Å². The Morgan fingerprint density at radius 1 is 1.33 bits per heavy atom.